The normalized spacial score (nSPS) is 33.6. The van der Waals surface area contributed by atoms with Crippen LogP contribution in [0.3, 0.4) is 0 Å². The molecule has 5 atom stereocenters. The van der Waals surface area contributed by atoms with Gasteiger partial charge in [-0.3, -0.25) is 0 Å². The molecule has 0 aliphatic carbocycles. The Bertz CT molecular complexity index is 242. The van der Waals surface area contributed by atoms with Gasteiger partial charge in [-0.05, 0) is 32.1 Å². The van der Waals surface area contributed by atoms with Gasteiger partial charge in [-0.25, -0.2) is 0 Å². The summed E-state index contributed by atoms with van der Waals surface area (Å²) in [5.74, 6) is 1.26. The van der Waals surface area contributed by atoms with Crippen molar-refractivity contribution < 1.29 is 18.9 Å². The van der Waals surface area contributed by atoms with Crippen molar-refractivity contribution in [1.29, 1.82) is 0 Å². The molecule has 1 heterocycles. The van der Waals surface area contributed by atoms with Gasteiger partial charge in [0.15, 0.2) is 12.6 Å². The zero-order chi connectivity index (χ0) is 14.4. The molecule has 5 unspecified atom stereocenters. The van der Waals surface area contributed by atoms with E-state index in [9.17, 15) is 0 Å². The van der Waals surface area contributed by atoms with Crippen molar-refractivity contribution in [2.24, 2.45) is 17.8 Å². The zero-order valence-corrected chi connectivity index (χ0v) is 13.2. The first-order valence-electron chi connectivity index (χ1n) is 7.36. The average Bonchev–Trinajstić information content (AvgIpc) is 2.44. The molecule has 0 spiro atoms. The molecule has 0 N–H and O–H groups in total. The van der Waals surface area contributed by atoms with Crippen molar-refractivity contribution in [2.75, 3.05) is 21.3 Å². The largest absolute Gasteiger partial charge is 0.356 e. The Morgan fingerprint density at radius 2 is 1.79 bits per heavy atom. The first-order valence-corrected chi connectivity index (χ1v) is 7.36. The standard InChI is InChI=1S/C15H30O4/c1-7-11-9-13(10(3)19-14(11)16-4)12(8-2)15(17-5)18-6/h10-15H,7-9H2,1-6H3. The van der Waals surface area contributed by atoms with Crippen LogP contribution in [0.5, 0.6) is 0 Å². The van der Waals surface area contributed by atoms with Crippen molar-refractivity contribution in [3.8, 4) is 0 Å². The third-order valence-electron chi connectivity index (χ3n) is 4.50. The number of methoxy groups -OCH3 is 3. The summed E-state index contributed by atoms with van der Waals surface area (Å²) in [4.78, 5) is 0. The van der Waals surface area contributed by atoms with Gasteiger partial charge >= 0.3 is 0 Å². The fourth-order valence-corrected chi connectivity index (χ4v) is 3.35. The third-order valence-corrected chi connectivity index (χ3v) is 4.50. The minimum atomic E-state index is -0.155. The van der Waals surface area contributed by atoms with E-state index in [1.165, 1.54) is 0 Å². The van der Waals surface area contributed by atoms with Crippen LogP contribution in [0, 0.1) is 17.8 Å². The van der Waals surface area contributed by atoms with Crippen LogP contribution in [0.2, 0.25) is 0 Å². The number of hydrogen-bond donors (Lipinski definition) is 0. The number of hydrogen-bond acceptors (Lipinski definition) is 4. The Kier molecular flexibility index (Phi) is 7.29. The Labute approximate surface area is 117 Å². The lowest BCUT2D eigenvalue weighted by molar-refractivity contribution is -0.245. The Balaban J connectivity index is 2.79. The van der Waals surface area contributed by atoms with Gasteiger partial charge in [-0.2, -0.15) is 0 Å². The van der Waals surface area contributed by atoms with Crippen LogP contribution in [-0.4, -0.2) is 40.0 Å². The van der Waals surface area contributed by atoms with Gasteiger partial charge in [-0.1, -0.05) is 13.8 Å². The molecular formula is C15H30O4. The topological polar surface area (TPSA) is 36.9 Å². The van der Waals surface area contributed by atoms with Crippen LogP contribution < -0.4 is 0 Å². The minimum absolute atomic E-state index is 0.0719. The van der Waals surface area contributed by atoms with Crippen LogP contribution in [-0.2, 0) is 18.9 Å². The molecule has 1 saturated heterocycles. The predicted octanol–water partition coefficient (Wildman–Crippen LogP) is 3.06. The van der Waals surface area contributed by atoms with Crippen molar-refractivity contribution >= 4 is 0 Å². The minimum Gasteiger partial charge on any atom is -0.356 e. The van der Waals surface area contributed by atoms with Crippen LogP contribution in [0.4, 0.5) is 0 Å². The summed E-state index contributed by atoms with van der Waals surface area (Å²) >= 11 is 0. The number of ether oxygens (including phenoxy) is 4. The first kappa shape index (κ1) is 16.9. The van der Waals surface area contributed by atoms with E-state index in [0.29, 0.717) is 17.8 Å². The molecule has 1 rings (SSSR count). The Morgan fingerprint density at radius 3 is 2.21 bits per heavy atom. The van der Waals surface area contributed by atoms with Gasteiger partial charge in [0, 0.05) is 33.2 Å². The van der Waals surface area contributed by atoms with E-state index >= 15 is 0 Å². The summed E-state index contributed by atoms with van der Waals surface area (Å²) < 4.78 is 22.4. The summed E-state index contributed by atoms with van der Waals surface area (Å²) in [7, 11) is 5.14. The lowest BCUT2D eigenvalue weighted by Gasteiger charge is -2.43. The molecular weight excluding hydrogens is 244 g/mol. The van der Waals surface area contributed by atoms with E-state index in [0.717, 1.165) is 19.3 Å². The summed E-state index contributed by atoms with van der Waals surface area (Å²) in [6.07, 6.45) is 3.15. The van der Waals surface area contributed by atoms with Gasteiger partial charge in [-0.15, -0.1) is 0 Å². The highest BCUT2D eigenvalue weighted by Gasteiger charge is 2.41. The maximum atomic E-state index is 6.04. The molecule has 19 heavy (non-hydrogen) atoms. The van der Waals surface area contributed by atoms with Crippen molar-refractivity contribution in [2.45, 2.75) is 58.7 Å². The van der Waals surface area contributed by atoms with Crippen LogP contribution in [0.25, 0.3) is 0 Å². The van der Waals surface area contributed by atoms with Crippen LogP contribution in [0.1, 0.15) is 40.0 Å². The molecule has 0 aromatic carbocycles. The second-order valence-corrected chi connectivity index (χ2v) is 5.43. The van der Waals surface area contributed by atoms with E-state index in [1.54, 1.807) is 21.3 Å². The van der Waals surface area contributed by atoms with E-state index < -0.39 is 0 Å². The van der Waals surface area contributed by atoms with Gasteiger partial charge in [0.2, 0.25) is 0 Å². The molecule has 0 saturated carbocycles. The molecule has 0 bridgehead atoms. The van der Waals surface area contributed by atoms with Crippen molar-refractivity contribution in [3.05, 3.63) is 0 Å². The molecule has 1 fully saturated rings. The predicted molar refractivity (Wildman–Crippen MR) is 74.8 cm³/mol. The average molecular weight is 274 g/mol. The maximum absolute atomic E-state index is 6.04. The molecule has 0 aromatic heterocycles. The maximum Gasteiger partial charge on any atom is 0.160 e. The van der Waals surface area contributed by atoms with Gasteiger partial charge in [0.1, 0.15) is 0 Å². The van der Waals surface area contributed by atoms with Crippen LogP contribution >= 0.6 is 0 Å². The van der Waals surface area contributed by atoms with Gasteiger partial charge in [0.05, 0.1) is 6.10 Å². The second kappa shape index (κ2) is 8.20. The summed E-state index contributed by atoms with van der Waals surface area (Å²) in [5.41, 5.74) is 0. The molecule has 4 heteroatoms. The summed E-state index contributed by atoms with van der Waals surface area (Å²) in [6.45, 7) is 6.51. The molecule has 0 aromatic rings. The van der Waals surface area contributed by atoms with Crippen molar-refractivity contribution in [3.63, 3.8) is 0 Å². The fourth-order valence-electron chi connectivity index (χ4n) is 3.35. The second-order valence-electron chi connectivity index (χ2n) is 5.43. The highest BCUT2D eigenvalue weighted by atomic mass is 16.7. The van der Waals surface area contributed by atoms with E-state index in [4.69, 9.17) is 18.9 Å². The van der Waals surface area contributed by atoms with Crippen LogP contribution in [0.15, 0.2) is 0 Å². The molecule has 0 amide bonds. The summed E-state index contributed by atoms with van der Waals surface area (Å²) in [6, 6.07) is 0. The van der Waals surface area contributed by atoms with E-state index in [1.807, 2.05) is 0 Å². The lowest BCUT2D eigenvalue weighted by Crippen LogP contribution is -2.46. The first-order chi connectivity index (χ1) is 9.12. The third kappa shape index (κ3) is 3.91. The highest BCUT2D eigenvalue weighted by Crippen LogP contribution is 2.39. The zero-order valence-electron chi connectivity index (χ0n) is 13.2. The monoisotopic (exact) mass is 274 g/mol. The SMILES string of the molecule is CCC1CC(C(CC)C(OC)OC)C(C)OC1OC. The lowest BCUT2D eigenvalue weighted by atomic mass is 9.76. The fraction of sp³-hybridized carbons (Fsp3) is 1.00. The molecule has 4 nitrogen and oxygen atoms in total. The van der Waals surface area contributed by atoms with Gasteiger partial charge < -0.3 is 18.9 Å². The summed E-state index contributed by atoms with van der Waals surface area (Å²) in [5, 5.41) is 0. The Hall–Kier alpha value is -0.160. The van der Waals surface area contributed by atoms with E-state index in [2.05, 4.69) is 20.8 Å². The quantitative estimate of drug-likeness (QED) is 0.669. The number of rotatable bonds is 7. The molecule has 114 valence electrons. The van der Waals surface area contributed by atoms with Crippen molar-refractivity contribution in [1.82, 2.24) is 0 Å². The Morgan fingerprint density at radius 1 is 1.16 bits per heavy atom. The van der Waals surface area contributed by atoms with Gasteiger partial charge in [0.25, 0.3) is 0 Å². The smallest absolute Gasteiger partial charge is 0.160 e. The highest BCUT2D eigenvalue weighted by molar-refractivity contribution is 4.84. The molecule has 1 aliphatic rings. The molecule has 1 aliphatic heterocycles. The van der Waals surface area contributed by atoms with E-state index in [-0.39, 0.29) is 18.7 Å². The molecule has 0 radical (unpaired) electrons.